The van der Waals surface area contributed by atoms with E-state index in [2.05, 4.69) is 5.32 Å². The summed E-state index contributed by atoms with van der Waals surface area (Å²) in [6.45, 7) is 3.70. The van der Waals surface area contributed by atoms with Crippen LogP contribution in [0.2, 0.25) is 5.02 Å². The number of rotatable bonds is 11. The van der Waals surface area contributed by atoms with Gasteiger partial charge in [-0.05, 0) is 68.7 Å². The SMILES string of the molecule is CCOc1ccccc1N(CC(=O)N[C@@H](C)CCc1ccccc1)S(=O)(=O)c1ccc(Cl)cc1. The van der Waals surface area contributed by atoms with Gasteiger partial charge in [-0.3, -0.25) is 9.10 Å². The van der Waals surface area contributed by atoms with E-state index < -0.39 is 15.9 Å². The lowest BCUT2D eigenvalue weighted by molar-refractivity contribution is -0.120. The number of amides is 1. The Kier molecular flexibility index (Phi) is 8.96. The van der Waals surface area contributed by atoms with Crippen molar-refractivity contribution in [2.75, 3.05) is 17.5 Å². The molecule has 8 heteroatoms. The maximum Gasteiger partial charge on any atom is 0.264 e. The second-order valence-electron chi connectivity index (χ2n) is 7.86. The van der Waals surface area contributed by atoms with Crippen molar-refractivity contribution in [3.63, 3.8) is 0 Å². The molecule has 3 rings (SSSR count). The van der Waals surface area contributed by atoms with Crippen LogP contribution in [-0.4, -0.2) is 33.5 Å². The second kappa shape index (κ2) is 11.9. The molecular weight excluding hydrogens is 472 g/mol. The van der Waals surface area contributed by atoms with Crippen LogP contribution in [0.25, 0.3) is 0 Å². The molecule has 1 N–H and O–H groups in total. The van der Waals surface area contributed by atoms with Gasteiger partial charge in [0.25, 0.3) is 10.0 Å². The predicted molar refractivity (Wildman–Crippen MR) is 136 cm³/mol. The number of carbonyl (C=O) groups excluding carboxylic acids is 1. The monoisotopic (exact) mass is 500 g/mol. The van der Waals surface area contributed by atoms with Gasteiger partial charge in [0.1, 0.15) is 12.3 Å². The Labute approximate surface area is 206 Å². The van der Waals surface area contributed by atoms with E-state index in [1.165, 1.54) is 29.8 Å². The summed E-state index contributed by atoms with van der Waals surface area (Å²) in [6, 6.07) is 22.5. The zero-order valence-electron chi connectivity index (χ0n) is 19.3. The number of aryl methyl sites for hydroxylation is 1. The number of anilines is 1. The third-order valence-corrected chi connectivity index (χ3v) is 7.26. The van der Waals surface area contributed by atoms with Crippen LogP contribution in [0.5, 0.6) is 5.75 Å². The molecular formula is C26H29ClN2O4S. The lowest BCUT2D eigenvalue weighted by Crippen LogP contribution is -2.43. The van der Waals surface area contributed by atoms with Crippen LogP contribution in [-0.2, 0) is 21.2 Å². The first-order valence-electron chi connectivity index (χ1n) is 11.1. The standard InChI is InChI=1S/C26H29ClN2O4S/c1-3-33-25-12-8-7-11-24(25)29(34(31,32)23-17-15-22(27)16-18-23)19-26(30)28-20(2)13-14-21-9-5-4-6-10-21/h4-12,15-18,20H,3,13-14,19H2,1-2H3,(H,28,30)/t20-/m0/s1. The summed E-state index contributed by atoms with van der Waals surface area (Å²) >= 11 is 5.95. The van der Waals surface area contributed by atoms with Gasteiger partial charge in [0.2, 0.25) is 5.91 Å². The smallest absolute Gasteiger partial charge is 0.264 e. The van der Waals surface area contributed by atoms with Gasteiger partial charge in [0, 0.05) is 11.1 Å². The number of ether oxygens (including phenoxy) is 1. The molecule has 0 saturated heterocycles. The Hall–Kier alpha value is -3.03. The van der Waals surface area contributed by atoms with Crippen LogP contribution in [0.3, 0.4) is 0 Å². The van der Waals surface area contributed by atoms with Crippen molar-refractivity contribution in [3.8, 4) is 5.75 Å². The zero-order valence-corrected chi connectivity index (χ0v) is 20.9. The van der Waals surface area contributed by atoms with Crippen LogP contribution in [0.4, 0.5) is 5.69 Å². The van der Waals surface area contributed by atoms with Gasteiger partial charge < -0.3 is 10.1 Å². The molecule has 0 unspecified atom stereocenters. The average Bonchev–Trinajstić information content (AvgIpc) is 2.83. The van der Waals surface area contributed by atoms with Crippen molar-refractivity contribution >= 4 is 33.2 Å². The number of halogens is 1. The minimum atomic E-state index is -4.06. The molecule has 180 valence electrons. The van der Waals surface area contributed by atoms with E-state index >= 15 is 0 Å². The fourth-order valence-corrected chi connectivity index (χ4v) is 5.08. The van der Waals surface area contributed by atoms with Gasteiger partial charge in [0.15, 0.2) is 0 Å². The van der Waals surface area contributed by atoms with Crippen molar-refractivity contribution in [2.24, 2.45) is 0 Å². The first kappa shape index (κ1) is 25.6. The molecule has 1 amide bonds. The van der Waals surface area contributed by atoms with Gasteiger partial charge in [0.05, 0.1) is 17.2 Å². The third kappa shape index (κ3) is 6.74. The minimum Gasteiger partial charge on any atom is -0.492 e. The summed E-state index contributed by atoms with van der Waals surface area (Å²) in [6.07, 6.45) is 1.54. The minimum absolute atomic E-state index is 0.0353. The highest BCUT2D eigenvalue weighted by atomic mass is 35.5. The number of nitrogens with one attached hydrogen (secondary N) is 1. The Balaban J connectivity index is 1.82. The lowest BCUT2D eigenvalue weighted by atomic mass is 10.1. The van der Waals surface area contributed by atoms with Crippen molar-refractivity contribution < 1.29 is 17.9 Å². The molecule has 0 radical (unpaired) electrons. The Morgan fingerprint density at radius 2 is 1.65 bits per heavy atom. The zero-order chi connectivity index (χ0) is 24.6. The van der Waals surface area contributed by atoms with Gasteiger partial charge in [-0.15, -0.1) is 0 Å². The largest absolute Gasteiger partial charge is 0.492 e. The second-order valence-corrected chi connectivity index (χ2v) is 10.2. The molecule has 0 spiro atoms. The number of carbonyl (C=O) groups is 1. The summed E-state index contributed by atoms with van der Waals surface area (Å²) in [5.41, 5.74) is 1.48. The number of para-hydroxylation sites is 2. The van der Waals surface area contributed by atoms with Crippen LogP contribution >= 0.6 is 11.6 Å². The van der Waals surface area contributed by atoms with Gasteiger partial charge >= 0.3 is 0 Å². The summed E-state index contributed by atoms with van der Waals surface area (Å²) < 4.78 is 33.9. The molecule has 0 aliphatic rings. The summed E-state index contributed by atoms with van der Waals surface area (Å²) in [4.78, 5) is 13.0. The normalized spacial score (nSPS) is 12.1. The van der Waals surface area contributed by atoms with E-state index in [-0.39, 0.29) is 17.5 Å². The van der Waals surface area contributed by atoms with E-state index in [9.17, 15) is 13.2 Å². The third-order valence-electron chi connectivity index (χ3n) is 5.24. The molecule has 0 aliphatic heterocycles. The maximum absolute atomic E-state index is 13.6. The topological polar surface area (TPSA) is 75.7 Å². The van der Waals surface area contributed by atoms with Crippen molar-refractivity contribution in [1.82, 2.24) is 5.32 Å². The first-order chi connectivity index (χ1) is 16.3. The van der Waals surface area contributed by atoms with E-state index in [1.54, 1.807) is 24.3 Å². The molecule has 0 fully saturated rings. The first-order valence-corrected chi connectivity index (χ1v) is 13.0. The van der Waals surface area contributed by atoms with Crippen LogP contribution < -0.4 is 14.4 Å². The van der Waals surface area contributed by atoms with E-state index in [0.717, 1.165) is 17.1 Å². The Morgan fingerprint density at radius 3 is 2.32 bits per heavy atom. The highest BCUT2D eigenvalue weighted by molar-refractivity contribution is 7.92. The highest BCUT2D eigenvalue weighted by Gasteiger charge is 2.29. The average molecular weight is 501 g/mol. The summed E-state index contributed by atoms with van der Waals surface area (Å²) in [7, 11) is -4.06. The van der Waals surface area contributed by atoms with Gasteiger partial charge in [-0.1, -0.05) is 54.1 Å². The van der Waals surface area contributed by atoms with Crippen LogP contribution in [0, 0.1) is 0 Å². The van der Waals surface area contributed by atoms with Gasteiger partial charge in [-0.25, -0.2) is 8.42 Å². The van der Waals surface area contributed by atoms with E-state index in [4.69, 9.17) is 16.3 Å². The molecule has 1 atom stereocenters. The fraction of sp³-hybridized carbons (Fsp3) is 0.269. The number of benzene rings is 3. The molecule has 0 aromatic heterocycles. The number of nitrogens with zero attached hydrogens (tertiary/aromatic N) is 1. The van der Waals surface area contributed by atoms with Gasteiger partial charge in [-0.2, -0.15) is 0 Å². The summed E-state index contributed by atoms with van der Waals surface area (Å²) in [5.74, 6) is -0.0168. The molecule has 0 heterocycles. The van der Waals surface area contributed by atoms with Crippen molar-refractivity contribution in [2.45, 2.75) is 37.6 Å². The molecule has 0 saturated carbocycles. The van der Waals surface area contributed by atoms with Crippen LogP contribution in [0.1, 0.15) is 25.8 Å². The predicted octanol–water partition coefficient (Wildman–Crippen LogP) is 5.07. The molecule has 0 aliphatic carbocycles. The van der Waals surface area contributed by atoms with E-state index in [0.29, 0.717) is 23.1 Å². The van der Waals surface area contributed by atoms with E-state index in [1.807, 2.05) is 44.2 Å². The summed E-state index contributed by atoms with van der Waals surface area (Å²) in [5, 5.41) is 3.35. The Morgan fingerprint density at radius 1 is 1.00 bits per heavy atom. The van der Waals surface area contributed by atoms with Crippen molar-refractivity contribution in [3.05, 3.63) is 89.4 Å². The maximum atomic E-state index is 13.6. The number of hydrogen-bond donors (Lipinski definition) is 1. The molecule has 34 heavy (non-hydrogen) atoms. The fourth-order valence-electron chi connectivity index (χ4n) is 3.53. The van der Waals surface area contributed by atoms with Crippen LogP contribution in [0.15, 0.2) is 83.8 Å². The highest BCUT2D eigenvalue weighted by Crippen LogP contribution is 2.32. The molecule has 6 nitrogen and oxygen atoms in total. The molecule has 0 bridgehead atoms. The van der Waals surface area contributed by atoms with Crippen molar-refractivity contribution in [1.29, 1.82) is 0 Å². The quantitative estimate of drug-likeness (QED) is 0.398. The Bertz CT molecular complexity index is 1180. The molecule has 3 aromatic carbocycles. The number of hydrogen-bond acceptors (Lipinski definition) is 4. The lowest BCUT2D eigenvalue weighted by Gasteiger charge is -2.26. The molecule has 3 aromatic rings. The number of sulfonamides is 1.